The molecule has 0 radical (unpaired) electrons. The summed E-state index contributed by atoms with van der Waals surface area (Å²) in [6.07, 6.45) is -4.19. The van der Waals surface area contributed by atoms with Gasteiger partial charge >= 0.3 is 6.18 Å². The van der Waals surface area contributed by atoms with E-state index in [1.807, 2.05) is 0 Å². The summed E-state index contributed by atoms with van der Waals surface area (Å²) in [5.74, 6) is -0.127. The SMILES string of the molecule is CCC(=O)C(Br)Cc1ccc(Cl)cc1C(F)(F)F. The quantitative estimate of drug-likeness (QED) is 0.728. The molecule has 0 amide bonds. The molecule has 0 aliphatic heterocycles. The molecule has 1 unspecified atom stereocenters. The molecule has 0 aliphatic rings. The predicted octanol–water partition coefficient (Wildman–Crippen LogP) is 4.64. The van der Waals surface area contributed by atoms with Gasteiger partial charge in [-0.3, -0.25) is 4.79 Å². The fourth-order valence-corrected chi connectivity index (χ4v) is 2.36. The highest BCUT2D eigenvalue weighted by Gasteiger charge is 2.34. The summed E-state index contributed by atoms with van der Waals surface area (Å²) in [7, 11) is 0. The second-order valence-electron chi connectivity index (χ2n) is 3.79. The molecule has 0 N–H and O–H groups in total. The topological polar surface area (TPSA) is 17.1 Å². The third-order valence-electron chi connectivity index (χ3n) is 2.47. The molecule has 0 aliphatic carbocycles. The van der Waals surface area contributed by atoms with Crippen molar-refractivity contribution in [3.63, 3.8) is 0 Å². The van der Waals surface area contributed by atoms with Gasteiger partial charge in [-0.05, 0) is 24.1 Å². The van der Waals surface area contributed by atoms with Gasteiger partial charge in [-0.1, -0.05) is 40.5 Å². The Bertz CT molecular complexity index is 445. The molecule has 0 aromatic heterocycles. The number of Topliss-reactive ketones (excluding diaryl/α,β-unsaturated/α-hetero) is 1. The molecule has 1 atom stereocenters. The molecule has 1 rings (SSSR count). The van der Waals surface area contributed by atoms with Crippen LogP contribution < -0.4 is 0 Å². The van der Waals surface area contributed by atoms with Crippen molar-refractivity contribution in [3.05, 3.63) is 34.3 Å². The second kappa shape index (κ2) is 6.06. The number of hydrogen-bond donors (Lipinski definition) is 0. The van der Waals surface area contributed by atoms with Gasteiger partial charge in [0.1, 0.15) is 5.78 Å². The third kappa shape index (κ3) is 3.99. The Hall–Kier alpha value is -0.550. The van der Waals surface area contributed by atoms with Crippen LogP contribution in [0.1, 0.15) is 24.5 Å². The summed E-state index contributed by atoms with van der Waals surface area (Å²) in [5.41, 5.74) is -0.723. The Balaban J connectivity index is 3.06. The van der Waals surface area contributed by atoms with Crippen LogP contribution in [0.25, 0.3) is 0 Å². The average molecular weight is 344 g/mol. The van der Waals surface area contributed by atoms with Crippen LogP contribution in [0.2, 0.25) is 5.02 Å². The Morgan fingerprint density at radius 3 is 2.56 bits per heavy atom. The van der Waals surface area contributed by atoms with E-state index in [4.69, 9.17) is 11.6 Å². The van der Waals surface area contributed by atoms with Crippen LogP contribution in [-0.2, 0) is 17.4 Å². The fraction of sp³-hybridized carbons (Fsp3) is 0.417. The first-order chi connectivity index (χ1) is 8.25. The van der Waals surface area contributed by atoms with Crippen LogP contribution in [0.3, 0.4) is 0 Å². The molecular formula is C12H11BrClF3O. The molecule has 1 aromatic rings. The lowest BCUT2D eigenvalue weighted by molar-refractivity contribution is -0.138. The number of hydrogen-bond acceptors (Lipinski definition) is 1. The lowest BCUT2D eigenvalue weighted by atomic mass is 10.0. The Morgan fingerprint density at radius 2 is 2.06 bits per heavy atom. The van der Waals surface area contributed by atoms with Crippen LogP contribution in [0, 0.1) is 0 Å². The van der Waals surface area contributed by atoms with Gasteiger partial charge in [0.2, 0.25) is 0 Å². The third-order valence-corrected chi connectivity index (χ3v) is 3.54. The standard InChI is InChI=1S/C12H11BrClF3O/c1-2-11(18)10(13)5-7-3-4-8(14)6-9(7)12(15,16)17/h3-4,6,10H,2,5H2,1H3. The van der Waals surface area contributed by atoms with Crippen molar-refractivity contribution < 1.29 is 18.0 Å². The summed E-state index contributed by atoms with van der Waals surface area (Å²) >= 11 is 8.68. The molecule has 1 aromatic carbocycles. The zero-order chi connectivity index (χ0) is 13.9. The summed E-state index contributed by atoms with van der Waals surface area (Å²) in [6, 6.07) is 3.58. The van der Waals surface area contributed by atoms with Gasteiger partial charge in [0, 0.05) is 11.4 Å². The van der Waals surface area contributed by atoms with Gasteiger partial charge in [-0.2, -0.15) is 13.2 Å². The second-order valence-corrected chi connectivity index (χ2v) is 5.33. The van der Waals surface area contributed by atoms with Crippen molar-refractivity contribution in [1.82, 2.24) is 0 Å². The Morgan fingerprint density at radius 1 is 1.44 bits per heavy atom. The highest BCUT2D eigenvalue weighted by Crippen LogP contribution is 2.34. The minimum atomic E-state index is -4.47. The fourth-order valence-electron chi connectivity index (χ4n) is 1.52. The first kappa shape index (κ1) is 15.5. The van der Waals surface area contributed by atoms with E-state index >= 15 is 0 Å². The summed E-state index contributed by atoms with van der Waals surface area (Å²) in [5, 5.41) is 0.0269. The number of carbonyl (C=O) groups is 1. The maximum atomic E-state index is 12.8. The van der Waals surface area contributed by atoms with Crippen LogP contribution in [0.4, 0.5) is 13.2 Å². The van der Waals surface area contributed by atoms with Crippen molar-refractivity contribution in [3.8, 4) is 0 Å². The molecule has 0 heterocycles. The minimum Gasteiger partial charge on any atom is -0.298 e. The normalized spacial score (nSPS) is 13.4. The van der Waals surface area contributed by atoms with Crippen molar-refractivity contribution >= 4 is 33.3 Å². The van der Waals surface area contributed by atoms with Gasteiger partial charge < -0.3 is 0 Å². The molecule has 6 heteroatoms. The molecule has 0 saturated carbocycles. The van der Waals surface area contributed by atoms with E-state index in [2.05, 4.69) is 15.9 Å². The average Bonchev–Trinajstić information content (AvgIpc) is 2.28. The van der Waals surface area contributed by atoms with Crippen LogP contribution in [0.15, 0.2) is 18.2 Å². The molecular weight excluding hydrogens is 332 g/mol. The molecule has 0 fully saturated rings. The number of alkyl halides is 4. The highest BCUT2D eigenvalue weighted by molar-refractivity contribution is 9.10. The van der Waals surface area contributed by atoms with Gasteiger partial charge in [0.25, 0.3) is 0 Å². The van der Waals surface area contributed by atoms with E-state index in [0.717, 1.165) is 6.07 Å². The minimum absolute atomic E-state index is 0.00130. The number of halogens is 5. The van der Waals surface area contributed by atoms with Crippen LogP contribution >= 0.6 is 27.5 Å². The van der Waals surface area contributed by atoms with Gasteiger partial charge in [0.05, 0.1) is 10.4 Å². The van der Waals surface area contributed by atoms with Crippen LogP contribution in [-0.4, -0.2) is 10.6 Å². The summed E-state index contributed by atoms with van der Waals surface area (Å²) in [6.45, 7) is 1.67. The van der Waals surface area contributed by atoms with Gasteiger partial charge in [-0.25, -0.2) is 0 Å². The molecule has 100 valence electrons. The molecule has 1 nitrogen and oxygen atoms in total. The zero-order valence-electron chi connectivity index (χ0n) is 9.52. The van der Waals surface area contributed by atoms with E-state index in [0.29, 0.717) is 0 Å². The zero-order valence-corrected chi connectivity index (χ0v) is 11.9. The van der Waals surface area contributed by atoms with E-state index in [9.17, 15) is 18.0 Å². The van der Waals surface area contributed by atoms with Crippen molar-refractivity contribution in [2.45, 2.75) is 30.8 Å². The summed E-state index contributed by atoms with van der Waals surface area (Å²) < 4.78 is 38.4. The largest absolute Gasteiger partial charge is 0.416 e. The number of benzene rings is 1. The monoisotopic (exact) mass is 342 g/mol. The number of rotatable bonds is 4. The van der Waals surface area contributed by atoms with Crippen LogP contribution in [0.5, 0.6) is 0 Å². The molecule has 0 saturated heterocycles. The van der Waals surface area contributed by atoms with Gasteiger partial charge in [-0.15, -0.1) is 0 Å². The van der Waals surface area contributed by atoms with Crippen molar-refractivity contribution in [2.24, 2.45) is 0 Å². The highest BCUT2D eigenvalue weighted by atomic mass is 79.9. The van der Waals surface area contributed by atoms with E-state index in [1.54, 1.807) is 6.92 Å². The van der Waals surface area contributed by atoms with Crippen molar-refractivity contribution in [1.29, 1.82) is 0 Å². The molecule has 0 bridgehead atoms. The van der Waals surface area contributed by atoms with E-state index in [1.165, 1.54) is 12.1 Å². The first-order valence-corrected chi connectivity index (χ1v) is 6.57. The van der Waals surface area contributed by atoms with Gasteiger partial charge in [0.15, 0.2) is 0 Å². The van der Waals surface area contributed by atoms with Crippen molar-refractivity contribution in [2.75, 3.05) is 0 Å². The predicted molar refractivity (Wildman–Crippen MR) is 68.2 cm³/mol. The smallest absolute Gasteiger partial charge is 0.298 e. The first-order valence-electron chi connectivity index (χ1n) is 5.28. The lowest BCUT2D eigenvalue weighted by Crippen LogP contribution is -2.18. The molecule has 0 spiro atoms. The Labute approximate surface area is 116 Å². The van der Waals surface area contributed by atoms with E-state index in [-0.39, 0.29) is 29.2 Å². The maximum absolute atomic E-state index is 12.8. The number of carbonyl (C=O) groups excluding carboxylic acids is 1. The van der Waals surface area contributed by atoms with E-state index < -0.39 is 16.6 Å². The lowest BCUT2D eigenvalue weighted by Gasteiger charge is -2.15. The molecule has 18 heavy (non-hydrogen) atoms. The maximum Gasteiger partial charge on any atom is 0.416 e. The number of ketones is 1. The Kier molecular flexibility index (Phi) is 5.22. The summed E-state index contributed by atoms with van der Waals surface area (Å²) in [4.78, 5) is 10.8.